The Morgan fingerprint density at radius 1 is 1.11 bits per heavy atom. The number of amidine groups is 1. The third kappa shape index (κ3) is 12.0. The molecule has 0 aromatic rings. The van der Waals surface area contributed by atoms with Gasteiger partial charge >= 0.3 is 0 Å². The summed E-state index contributed by atoms with van der Waals surface area (Å²) in [6.07, 6.45) is 8.41. The molecule has 114 valence electrons. The van der Waals surface area contributed by atoms with Gasteiger partial charge in [0.05, 0.1) is 6.61 Å². The Hall–Kier alpha value is -0.810. The van der Waals surface area contributed by atoms with Crippen LogP contribution in [-0.2, 0) is 4.74 Å². The predicted molar refractivity (Wildman–Crippen MR) is 79.7 cm³/mol. The third-order valence-corrected chi connectivity index (χ3v) is 3.25. The van der Waals surface area contributed by atoms with Gasteiger partial charge < -0.3 is 20.6 Å². The smallest absolute Gasteiger partial charge is 0.140 e. The minimum Gasteiger partial charge on any atom is -0.409 e. The minimum absolute atomic E-state index is 0.297. The van der Waals surface area contributed by atoms with Crippen LogP contribution in [0.5, 0.6) is 0 Å². The molecule has 0 radical (unpaired) electrons. The van der Waals surface area contributed by atoms with E-state index >= 15 is 0 Å². The van der Waals surface area contributed by atoms with E-state index in [1.807, 2.05) is 0 Å². The monoisotopic (exact) mass is 273 g/mol. The van der Waals surface area contributed by atoms with E-state index in [1.54, 1.807) is 7.11 Å². The molecule has 5 nitrogen and oxygen atoms in total. The fourth-order valence-electron chi connectivity index (χ4n) is 1.99. The lowest BCUT2D eigenvalue weighted by molar-refractivity contribution is 0.147. The van der Waals surface area contributed by atoms with Crippen molar-refractivity contribution in [1.82, 2.24) is 4.90 Å². The number of unbranched alkanes of at least 4 members (excludes halogenated alkanes) is 5. The summed E-state index contributed by atoms with van der Waals surface area (Å²) < 4.78 is 5.11. The molecule has 3 N–H and O–H groups in total. The Bertz CT molecular complexity index is 223. The molecule has 0 spiro atoms. The van der Waals surface area contributed by atoms with E-state index in [4.69, 9.17) is 15.7 Å². The van der Waals surface area contributed by atoms with E-state index in [2.05, 4.69) is 17.0 Å². The number of hydrogen-bond donors (Lipinski definition) is 2. The van der Waals surface area contributed by atoms with Gasteiger partial charge in [-0.2, -0.15) is 0 Å². The quantitative estimate of drug-likeness (QED) is 0.178. The Morgan fingerprint density at radius 3 is 2.42 bits per heavy atom. The highest BCUT2D eigenvalue weighted by Gasteiger charge is 2.05. The van der Waals surface area contributed by atoms with E-state index in [0.29, 0.717) is 12.3 Å². The SMILES string of the molecule is CCCCCCCCN(CCOC)CCC(N)=NO. The number of nitrogens with two attached hydrogens (primary N) is 1. The molecule has 0 unspecified atom stereocenters. The second-order valence-electron chi connectivity index (χ2n) is 4.94. The van der Waals surface area contributed by atoms with Crippen molar-refractivity contribution in [3.63, 3.8) is 0 Å². The molecule has 0 rings (SSSR count). The average Bonchev–Trinajstić information content (AvgIpc) is 2.44. The molecule has 0 aliphatic rings. The van der Waals surface area contributed by atoms with Gasteiger partial charge in [-0.1, -0.05) is 44.2 Å². The van der Waals surface area contributed by atoms with Crippen LogP contribution in [0, 0.1) is 0 Å². The maximum Gasteiger partial charge on any atom is 0.140 e. The molecule has 5 heteroatoms. The number of rotatable bonds is 13. The molecular formula is C14H31N3O2. The van der Waals surface area contributed by atoms with E-state index < -0.39 is 0 Å². The topological polar surface area (TPSA) is 71.1 Å². The van der Waals surface area contributed by atoms with Crippen molar-refractivity contribution in [3.05, 3.63) is 0 Å². The van der Waals surface area contributed by atoms with Gasteiger partial charge in [-0.25, -0.2) is 0 Å². The van der Waals surface area contributed by atoms with Crippen LogP contribution in [0.3, 0.4) is 0 Å². The van der Waals surface area contributed by atoms with Crippen molar-refractivity contribution in [2.24, 2.45) is 10.9 Å². The highest BCUT2D eigenvalue weighted by Crippen LogP contribution is 2.06. The van der Waals surface area contributed by atoms with Gasteiger partial charge in [0.1, 0.15) is 5.84 Å². The summed E-state index contributed by atoms with van der Waals surface area (Å²) in [5.74, 6) is 0.297. The van der Waals surface area contributed by atoms with Gasteiger partial charge in [0.2, 0.25) is 0 Å². The molecule has 0 heterocycles. The van der Waals surface area contributed by atoms with Crippen molar-refractivity contribution in [1.29, 1.82) is 0 Å². The fourth-order valence-corrected chi connectivity index (χ4v) is 1.99. The molecule has 0 atom stereocenters. The molecule has 0 saturated carbocycles. The van der Waals surface area contributed by atoms with Gasteiger partial charge in [0.25, 0.3) is 0 Å². The van der Waals surface area contributed by atoms with Crippen LogP contribution in [0.25, 0.3) is 0 Å². The largest absolute Gasteiger partial charge is 0.409 e. The third-order valence-electron chi connectivity index (χ3n) is 3.25. The first-order valence-electron chi connectivity index (χ1n) is 7.42. The first-order valence-corrected chi connectivity index (χ1v) is 7.42. The molecule has 0 aliphatic heterocycles. The standard InChI is InChI=1S/C14H31N3O2/c1-3-4-5-6-7-8-10-17(12-13-19-2)11-9-14(15)16-18/h18H,3-13H2,1-2H3,(H2,15,16). The van der Waals surface area contributed by atoms with Gasteiger partial charge in [-0.3, -0.25) is 0 Å². The first kappa shape index (κ1) is 18.2. The highest BCUT2D eigenvalue weighted by molar-refractivity contribution is 5.79. The van der Waals surface area contributed by atoms with Crippen LogP contribution in [0.15, 0.2) is 5.16 Å². The molecular weight excluding hydrogens is 242 g/mol. The second kappa shape index (κ2) is 13.6. The van der Waals surface area contributed by atoms with Crippen LogP contribution in [0.2, 0.25) is 0 Å². The summed E-state index contributed by atoms with van der Waals surface area (Å²) in [5.41, 5.74) is 5.50. The lowest BCUT2D eigenvalue weighted by atomic mass is 10.1. The first-order chi connectivity index (χ1) is 9.24. The summed E-state index contributed by atoms with van der Waals surface area (Å²) in [6, 6.07) is 0. The molecule has 0 fully saturated rings. The molecule has 0 amide bonds. The van der Waals surface area contributed by atoms with Gasteiger partial charge in [0.15, 0.2) is 0 Å². The van der Waals surface area contributed by atoms with Crippen molar-refractivity contribution in [2.45, 2.75) is 51.9 Å². The Labute approximate surface area is 117 Å². The number of ether oxygens (including phenoxy) is 1. The van der Waals surface area contributed by atoms with Crippen molar-refractivity contribution >= 4 is 5.84 Å². The normalized spacial score (nSPS) is 12.3. The predicted octanol–water partition coefficient (Wildman–Crippen LogP) is 2.43. The Kier molecular flexibility index (Phi) is 13.0. The van der Waals surface area contributed by atoms with Gasteiger partial charge in [0, 0.05) is 26.6 Å². The van der Waals surface area contributed by atoms with E-state index in [1.165, 1.54) is 38.5 Å². The number of methoxy groups -OCH3 is 1. The van der Waals surface area contributed by atoms with E-state index in [-0.39, 0.29) is 0 Å². The summed E-state index contributed by atoms with van der Waals surface area (Å²) in [6.45, 7) is 5.76. The molecule has 0 aromatic carbocycles. The number of oxime groups is 1. The lowest BCUT2D eigenvalue weighted by Gasteiger charge is -2.21. The summed E-state index contributed by atoms with van der Waals surface area (Å²) in [5, 5.41) is 11.5. The molecule has 19 heavy (non-hydrogen) atoms. The summed E-state index contributed by atoms with van der Waals surface area (Å²) in [4.78, 5) is 2.32. The average molecular weight is 273 g/mol. The van der Waals surface area contributed by atoms with Crippen molar-refractivity contribution < 1.29 is 9.94 Å². The zero-order valence-corrected chi connectivity index (χ0v) is 12.6. The molecule has 0 bridgehead atoms. The van der Waals surface area contributed by atoms with Crippen LogP contribution in [0.1, 0.15) is 51.9 Å². The van der Waals surface area contributed by atoms with E-state index in [9.17, 15) is 0 Å². The molecule has 0 aliphatic carbocycles. The number of nitrogens with zero attached hydrogens (tertiary/aromatic N) is 2. The maximum atomic E-state index is 8.54. The van der Waals surface area contributed by atoms with Crippen LogP contribution >= 0.6 is 0 Å². The highest BCUT2D eigenvalue weighted by atomic mass is 16.5. The van der Waals surface area contributed by atoms with Crippen LogP contribution < -0.4 is 5.73 Å². The minimum atomic E-state index is 0.297. The van der Waals surface area contributed by atoms with Crippen LogP contribution in [-0.4, -0.2) is 49.3 Å². The summed E-state index contributed by atoms with van der Waals surface area (Å²) >= 11 is 0. The van der Waals surface area contributed by atoms with Gasteiger partial charge in [-0.15, -0.1) is 0 Å². The Balaban J connectivity index is 3.73. The zero-order valence-electron chi connectivity index (χ0n) is 12.6. The second-order valence-corrected chi connectivity index (χ2v) is 4.94. The van der Waals surface area contributed by atoms with Crippen LogP contribution in [0.4, 0.5) is 0 Å². The van der Waals surface area contributed by atoms with E-state index in [0.717, 1.165) is 26.2 Å². The van der Waals surface area contributed by atoms with Crippen molar-refractivity contribution in [3.8, 4) is 0 Å². The Morgan fingerprint density at radius 2 is 1.79 bits per heavy atom. The van der Waals surface area contributed by atoms with Crippen molar-refractivity contribution in [2.75, 3.05) is 33.4 Å². The van der Waals surface area contributed by atoms with Gasteiger partial charge in [-0.05, 0) is 13.0 Å². The zero-order chi connectivity index (χ0) is 14.3. The molecule has 0 saturated heterocycles. The fraction of sp³-hybridized carbons (Fsp3) is 0.929. The maximum absolute atomic E-state index is 8.54. The lowest BCUT2D eigenvalue weighted by Crippen LogP contribution is -2.32. The summed E-state index contributed by atoms with van der Waals surface area (Å²) in [7, 11) is 1.71. The molecule has 0 aromatic heterocycles. The number of hydrogen-bond acceptors (Lipinski definition) is 4.